The predicted octanol–water partition coefficient (Wildman–Crippen LogP) is 2.71. The summed E-state index contributed by atoms with van der Waals surface area (Å²) in [4.78, 5) is 8.66. The predicted molar refractivity (Wildman–Crippen MR) is 115 cm³/mol. The summed E-state index contributed by atoms with van der Waals surface area (Å²) in [5, 5.41) is 16.4. The Balaban J connectivity index is 1.40. The second-order valence-electron chi connectivity index (χ2n) is 7.65. The average molecular weight is 391 g/mol. The molecule has 6 heteroatoms. The Hall–Kier alpha value is -1.24. The summed E-state index contributed by atoms with van der Waals surface area (Å²) in [6.45, 7) is 7.93. The number of hydrogen-bond acceptors (Lipinski definition) is 4. The number of nitrogens with one attached hydrogen (secondary N) is 2. The minimum Gasteiger partial charge on any atom is -0.393 e. The van der Waals surface area contributed by atoms with Crippen molar-refractivity contribution < 1.29 is 5.11 Å². The SMILES string of the molecule is CCNC(=NCC1(Sc2ccccc2)CC1)NCCCN1CCC(O)CC1. The zero-order valence-electron chi connectivity index (χ0n) is 16.5. The van der Waals surface area contributed by atoms with Gasteiger partial charge in [-0.15, -0.1) is 11.8 Å². The fourth-order valence-electron chi connectivity index (χ4n) is 3.39. The van der Waals surface area contributed by atoms with Crippen molar-refractivity contribution in [3.8, 4) is 0 Å². The maximum absolute atomic E-state index is 9.59. The molecule has 5 nitrogen and oxygen atoms in total. The molecular formula is C21H34N4OS. The number of nitrogens with zero attached hydrogens (tertiary/aromatic N) is 2. The van der Waals surface area contributed by atoms with Crippen molar-refractivity contribution in [2.24, 2.45) is 4.99 Å². The van der Waals surface area contributed by atoms with Gasteiger partial charge in [0.15, 0.2) is 5.96 Å². The van der Waals surface area contributed by atoms with Gasteiger partial charge in [-0.1, -0.05) is 18.2 Å². The highest BCUT2D eigenvalue weighted by molar-refractivity contribution is 8.01. The van der Waals surface area contributed by atoms with Crippen molar-refractivity contribution >= 4 is 17.7 Å². The van der Waals surface area contributed by atoms with Crippen LogP contribution in [0.4, 0.5) is 0 Å². The van der Waals surface area contributed by atoms with E-state index >= 15 is 0 Å². The molecule has 0 atom stereocenters. The molecule has 1 aromatic rings. The van der Waals surface area contributed by atoms with Crippen molar-refractivity contribution in [2.75, 3.05) is 39.3 Å². The number of aliphatic hydroxyl groups is 1. The molecule has 1 heterocycles. The van der Waals surface area contributed by atoms with Gasteiger partial charge in [0.05, 0.1) is 12.6 Å². The highest BCUT2D eigenvalue weighted by Gasteiger charge is 2.43. The average Bonchev–Trinajstić information content (AvgIpc) is 3.45. The summed E-state index contributed by atoms with van der Waals surface area (Å²) < 4.78 is 0.290. The lowest BCUT2D eigenvalue weighted by atomic mass is 10.1. The first kappa shape index (κ1) is 20.5. The lowest BCUT2D eigenvalue weighted by Crippen LogP contribution is -2.40. The highest BCUT2D eigenvalue weighted by atomic mass is 32.2. The molecule has 1 saturated carbocycles. The van der Waals surface area contributed by atoms with E-state index in [1.807, 2.05) is 11.8 Å². The van der Waals surface area contributed by atoms with E-state index in [4.69, 9.17) is 4.99 Å². The Bertz CT molecular complexity index is 583. The van der Waals surface area contributed by atoms with Crippen LogP contribution in [0, 0.1) is 0 Å². The van der Waals surface area contributed by atoms with E-state index < -0.39 is 0 Å². The molecule has 0 bridgehead atoms. The second-order valence-corrected chi connectivity index (χ2v) is 9.19. The number of guanidine groups is 1. The molecule has 2 fully saturated rings. The van der Waals surface area contributed by atoms with Crippen LogP contribution in [0.5, 0.6) is 0 Å². The van der Waals surface area contributed by atoms with Crippen molar-refractivity contribution in [1.82, 2.24) is 15.5 Å². The first-order valence-corrected chi connectivity index (χ1v) is 11.2. The van der Waals surface area contributed by atoms with Gasteiger partial charge in [0.1, 0.15) is 0 Å². The molecule has 3 N–H and O–H groups in total. The first-order valence-electron chi connectivity index (χ1n) is 10.4. The zero-order valence-corrected chi connectivity index (χ0v) is 17.3. The quantitative estimate of drug-likeness (QED) is 0.344. The molecule has 0 radical (unpaired) electrons. The number of aliphatic imine (C=N–C) groups is 1. The van der Waals surface area contributed by atoms with E-state index in [0.717, 1.165) is 64.5 Å². The topological polar surface area (TPSA) is 59.9 Å². The lowest BCUT2D eigenvalue weighted by molar-refractivity contribution is 0.0823. The summed E-state index contributed by atoms with van der Waals surface area (Å²) in [5.41, 5.74) is 0. The largest absolute Gasteiger partial charge is 0.393 e. The summed E-state index contributed by atoms with van der Waals surface area (Å²) in [5.74, 6) is 0.937. The molecule has 1 aliphatic carbocycles. The van der Waals surface area contributed by atoms with Crippen molar-refractivity contribution in [3.63, 3.8) is 0 Å². The van der Waals surface area contributed by atoms with Crippen LogP contribution in [0.15, 0.2) is 40.2 Å². The number of benzene rings is 1. The third-order valence-corrected chi connectivity index (χ3v) is 6.73. The molecule has 1 saturated heterocycles. The fraction of sp³-hybridized carbons (Fsp3) is 0.667. The lowest BCUT2D eigenvalue weighted by Gasteiger charge is -2.29. The Kier molecular flexibility index (Phi) is 7.85. The van der Waals surface area contributed by atoms with E-state index in [2.05, 4.69) is 52.8 Å². The number of likely N-dealkylation sites (tertiary alicyclic amines) is 1. The highest BCUT2D eigenvalue weighted by Crippen LogP contribution is 2.51. The molecule has 3 rings (SSSR count). The second kappa shape index (κ2) is 10.3. The van der Waals surface area contributed by atoms with Crippen LogP contribution in [0.2, 0.25) is 0 Å². The number of thioether (sulfide) groups is 1. The Morgan fingerprint density at radius 3 is 2.63 bits per heavy atom. The van der Waals surface area contributed by atoms with Crippen LogP contribution < -0.4 is 10.6 Å². The van der Waals surface area contributed by atoms with E-state index in [9.17, 15) is 5.11 Å². The summed E-state index contributed by atoms with van der Waals surface area (Å²) in [6.07, 6.45) is 5.34. The van der Waals surface area contributed by atoms with Crippen molar-refractivity contribution in [2.45, 2.75) is 54.8 Å². The van der Waals surface area contributed by atoms with Crippen LogP contribution in [0.25, 0.3) is 0 Å². The van der Waals surface area contributed by atoms with Crippen LogP contribution in [0.1, 0.15) is 39.0 Å². The maximum Gasteiger partial charge on any atom is 0.191 e. The van der Waals surface area contributed by atoms with E-state index in [-0.39, 0.29) is 6.10 Å². The third kappa shape index (κ3) is 7.01. The van der Waals surface area contributed by atoms with Gasteiger partial charge >= 0.3 is 0 Å². The summed E-state index contributed by atoms with van der Waals surface area (Å²) >= 11 is 1.97. The van der Waals surface area contributed by atoms with Gasteiger partial charge in [-0.05, 0) is 57.7 Å². The van der Waals surface area contributed by atoms with Gasteiger partial charge in [0.2, 0.25) is 0 Å². The van der Waals surface area contributed by atoms with Gasteiger partial charge in [-0.25, -0.2) is 0 Å². The molecule has 0 spiro atoms. The number of hydrogen-bond donors (Lipinski definition) is 3. The molecule has 0 aromatic heterocycles. The maximum atomic E-state index is 9.59. The molecule has 2 aliphatic rings. The van der Waals surface area contributed by atoms with E-state index in [0.29, 0.717) is 4.75 Å². The Morgan fingerprint density at radius 2 is 1.96 bits per heavy atom. The standard InChI is InChI=1S/C21H34N4OS/c1-2-22-20(23-13-6-14-25-15-9-18(26)10-16-25)24-17-21(11-12-21)27-19-7-4-3-5-8-19/h3-5,7-8,18,26H,2,6,9-17H2,1H3,(H2,22,23,24). The molecule has 0 amide bonds. The first-order chi connectivity index (χ1) is 13.2. The van der Waals surface area contributed by atoms with Gasteiger partial charge in [0, 0.05) is 35.8 Å². The molecule has 150 valence electrons. The number of piperidine rings is 1. The van der Waals surface area contributed by atoms with Crippen LogP contribution in [-0.4, -0.2) is 66.1 Å². The van der Waals surface area contributed by atoms with Gasteiger partial charge < -0.3 is 20.6 Å². The minimum absolute atomic E-state index is 0.0876. The van der Waals surface area contributed by atoms with Crippen LogP contribution >= 0.6 is 11.8 Å². The number of rotatable bonds is 9. The third-order valence-electron chi connectivity index (χ3n) is 5.26. The smallest absolute Gasteiger partial charge is 0.191 e. The van der Waals surface area contributed by atoms with E-state index in [1.165, 1.54) is 17.7 Å². The van der Waals surface area contributed by atoms with Gasteiger partial charge in [-0.3, -0.25) is 4.99 Å². The summed E-state index contributed by atoms with van der Waals surface area (Å²) in [6, 6.07) is 10.7. The molecule has 1 aliphatic heterocycles. The summed E-state index contributed by atoms with van der Waals surface area (Å²) in [7, 11) is 0. The zero-order chi connectivity index (χ0) is 19.0. The van der Waals surface area contributed by atoms with Crippen molar-refractivity contribution in [1.29, 1.82) is 0 Å². The van der Waals surface area contributed by atoms with Gasteiger partial charge in [0.25, 0.3) is 0 Å². The fourth-order valence-corrected chi connectivity index (χ4v) is 4.62. The molecular weight excluding hydrogens is 356 g/mol. The monoisotopic (exact) mass is 390 g/mol. The van der Waals surface area contributed by atoms with Crippen molar-refractivity contribution in [3.05, 3.63) is 30.3 Å². The molecule has 0 unspecified atom stereocenters. The minimum atomic E-state index is -0.0876. The Labute approximate surface area is 168 Å². The van der Waals surface area contributed by atoms with E-state index in [1.54, 1.807) is 0 Å². The normalized spacial score (nSPS) is 20.4. The van der Waals surface area contributed by atoms with Crippen LogP contribution in [0.3, 0.4) is 0 Å². The van der Waals surface area contributed by atoms with Gasteiger partial charge in [-0.2, -0.15) is 0 Å². The van der Waals surface area contributed by atoms with Crippen LogP contribution in [-0.2, 0) is 0 Å². The Morgan fingerprint density at radius 1 is 1.22 bits per heavy atom. The molecule has 1 aromatic carbocycles. The number of aliphatic hydroxyl groups excluding tert-OH is 1. The molecule has 27 heavy (non-hydrogen) atoms.